The van der Waals surface area contributed by atoms with Gasteiger partial charge in [-0.15, -0.1) is 0 Å². The number of aromatic nitrogens is 2. The van der Waals surface area contributed by atoms with Gasteiger partial charge in [-0.2, -0.15) is 0 Å². The van der Waals surface area contributed by atoms with E-state index in [1.165, 1.54) is 11.1 Å². The summed E-state index contributed by atoms with van der Waals surface area (Å²) in [7, 11) is 0. The highest BCUT2D eigenvalue weighted by atomic mass is 19.3. The van der Waals surface area contributed by atoms with Crippen LogP contribution in [-0.4, -0.2) is 58.7 Å². The van der Waals surface area contributed by atoms with Crippen LogP contribution in [-0.2, 0) is 0 Å². The number of nitrogens with zero attached hydrogens (tertiary/aromatic N) is 4. The largest absolute Gasteiger partial charge is 0.488 e. The second-order valence-electron chi connectivity index (χ2n) is 10.1. The zero-order valence-corrected chi connectivity index (χ0v) is 19.8. The molecule has 0 aliphatic carbocycles. The van der Waals surface area contributed by atoms with Crippen molar-refractivity contribution >= 4 is 23.2 Å². The van der Waals surface area contributed by atoms with Gasteiger partial charge in [-0.25, -0.2) is 13.8 Å². The molecule has 0 bridgehead atoms. The number of anilines is 2. The van der Waals surface area contributed by atoms with Crippen molar-refractivity contribution in [3.8, 4) is 5.75 Å². The van der Waals surface area contributed by atoms with Gasteiger partial charge in [0.25, 0.3) is 11.8 Å². The first-order chi connectivity index (χ1) is 16.0. The number of alkyl halides is 2. The monoisotopic (exact) mass is 472 g/mol. The van der Waals surface area contributed by atoms with Crippen molar-refractivity contribution in [3.63, 3.8) is 0 Å². The molecule has 9 heteroatoms. The lowest BCUT2D eigenvalue weighted by atomic mass is 9.89. The van der Waals surface area contributed by atoms with E-state index in [0.717, 1.165) is 12.1 Å². The number of carbonyl (C=O) groups is 2. The predicted molar refractivity (Wildman–Crippen MR) is 124 cm³/mol. The number of ether oxygens (including phenoxy) is 1. The van der Waals surface area contributed by atoms with Crippen molar-refractivity contribution in [2.45, 2.75) is 52.4 Å². The van der Waals surface area contributed by atoms with Crippen molar-refractivity contribution in [3.05, 3.63) is 41.9 Å². The number of likely N-dealkylation sites (tertiary alicyclic amines) is 1. The molecule has 0 aromatic carbocycles. The molecule has 2 aliphatic rings. The molecule has 2 aliphatic heterocycles. The molecule has 2 aromatic rings. The van der Waals surface area contributed by atoms with Crippen LogP contribution in [0.25, 0.3) is 0 Å². The maximum atomic E-state index is 13.4. The number of carbonyl (C=O) groups excluding carboxylic acids is 2. The smallest absolute Gasteiger partial charge is 0.255 e. The van der Waals surface area contributed by atoms with Crippen LogP contribution in [0, 0.1) is 5.41 Å². The summed E-state index contributed by atoms with van der Waals surface area (Å²) in [6.07, 6.45) is 5.25. The molecule has 4 rings (SSSR count). The first-order valence-corrected chi connectivity index (χ1v) is 11.6. The van der Waals surface area contributed by atoms with E-state index in [2.05, 4.69) is 30.7 Å². The fraction of sp³-hybridized carbons (Fsp3) is 0.520. The third-order valence-electron chi connectivity index (χ3n) is 6.15. The maximum Gasteiger partial charge on any atom is 0.255 e. The summed E-state index contributed by atoms with van der Waals surface area (Å²) in [4.78, 5) is 37.6. The maximum absolute atomic E-state index is 13.4. The van der Waals surface area contributed by atoms with E-state index in [0.29, 0.717) is 42.3 Å². The Bertz CT molecular complexity index is 1070. The fourth-order valence-electron chi connectivity index (χ4n) is 4.05. The van der Waals surface area contributed by atoms with Crippen LogP contribution in [0.4, 0.5) is 20.3 Å². The molecule has 7 nitrogen and oxygen atoms in total. The molecule has 0 unspecified atom stereocenters. The molecule has 0 atom stereocenters. The topological polar surface area (TPSA) is 75.6 Å². The Hall–Kier alpha value is -3.10. The van der Waals surface area contributed by atoms with E-state index >= 15 is 0 Å². The van der Waals surface area contributed by atoms with E-state index < -0.39 is 5.92 Å². The van der Waals surface area contributed by atoms with Gasteiger partial charge >= 0.3 is 0 Å². The highest BCUT2D eigenvalue weighted by molar-refractivity contribution is 5.97. The molecule has 0 radical (unpaired) electrons. The second-order valence-corrected chi connectivity index (χ2v) is 10.1. The van der Waals surface area contributed by atoms with Crippen molar-refractivity contribution in [1.82, 2.24) is 14.9 Å². The van der Waals surface area contributed by atoms with Gasteiger partial charge in [-0.1, -0.05) is 20.8 Å². The minimum absolute atomic E-state index is 0.0115. The summed E-state index contributed by atoms with van der Waals surface area (Å²) in [6.45, 7) is 7.20. The normalized spacial score (nSPS) is 17.7. The first kappa shape index (κ1) is 24.0. The lowest BCUT2D eigenvalue weighted by molar-refractivity contribution is -0.0494. The summed E-state index contributed by atoms with van der Waals surface area (Å²) in [5.41, 5.74) is 1.63. The number of halogens is 2. The van der Waals surface area contributed by atoms with Crippen molar-refractivity contribution in [1.29, 1.82) is 0 Å². The van der Waals surface area contributed by atoms with Gasteiger partial charge in [0.15, 0.2) is 17.4 Å². The van der Waals surface area contributed by atoms with Gasteiger partial charge in [-0.05, 0) is 24.0 Å². The molecule has 0 spiro atoms. The summed E-state index contributed by atoms with van der Waals surface area (Å²) >= 11 is 0. The average molecular weight is 473 g/mol. The summed E-state index contributed by atoms with van der Waals surface area (Å²) in [5.74, 6) is -2.05. The number of pyridine rings is 2. The van der Waals surface area contributed by atoms with Crippen LogP contribution in [0.15, 0.2) is 30.7 Å². The zero-order chi connectivity index (χ0) is 24.5. The Morgan fingerprint density at radius 1 is 1.06 bits per heavy atom. The van der Waals surface area contributed by atoms with Crippen molar-refractivity contribution < 1.29 is 23.1 Å². The number of fused-ring (bicyclic) bond motifs is 1. The van der Waals surface area contributed by atoms with Crippen LogP contribution in [0.2, 0.25) is 0 Å². The second kappa shape index (κ2) is 9.27. The van der Waals surface area contributed by atoms with Gasteiger partial charge in [-0.3, -0.25) is 14.6 Å². The van der Waals surface area contributed by atoms with Gasteiger partial charge in [0, 0.05) is 50.3 Å². The van der Waals surface area contributed by atoms with Gasteiger partial charge in [0.05, 0.1) is 24.0 Å². The first-order valence-electron chi connectivity index (χ1n) is 11.6. The van der Waals surface area contributed by atoms with Gasteiger partial charge < -0.3 is 14.5 Å². The Kier molecular flexibility index (Phi) is 6.55. The third-order valence-corrected chi connectivity index (χ3v) is 6.15. The Balaban J connectivity index is 1.52. The lowest BCUT2D eigenvalue weighted by Crippen LogP contribution is -2.42. The highest BCUT2D eigenvalue weighted by Gasteiger charge is 2.36. The standard InChI is InChI=1S/C25H30F2N4O3/c1-24(2,3)5-4-20(32)17-12-19(16-28-14-17)31-10-11-34-21-13-18(15-29-22(21)31)23(33)30-8-6-25(26,27)7-9-30/h12-16H,4-11H2,1-3H3. The molecule has 34 heavy (non-hydrogen) atoms. The number of amides is 1. The van der Waals surface area contributed by atoms with E-state index in [4.69, 9.17) is 4.74 Å². The predicted octanol–water partition coefficient (Wildman–Crippen LogP) is 4.89. The molecular formula is C25H30F2N4O3. The lowest BCUT2D eigenvalue weighted by Gasteiger charge is -2.32. The minimum atomic E-state index is -2.72. The SMILES string of the molecule is CC(C)(C)CCC(=O)c1cncc(N2CCOc3cc(C(=O)N4CCC(F)(F)CC4)cnc32)c1. The number of hydrogen-bond acceptors (Lipinski definition) is 6. The molecular weight excluding hydrogens is 442 g/mol. The fourth-order valence-corrected chi connectivity index (χ4v) is 4.05. The van der Waals surface area contributed by atoms with Crippen LogP contribution in [0.1, 0.15) is 67.2 Å². The highest BCUT2D eigenvalue weighted by Crippen LogP contribution is 2.36. The molecule has 4 heterocycles. The molecule has 0 N–H and O–H groups in total. The van der Waals surface area contributed by atoms with Crippen LogP contribution in [0.3, 0.4) is 0 Å². The molecule has 1 fully saturated rings. The molecule has 1 saturated heterocycles. The van der Waals surface area contributed by atoms with Crippen molar-refractivity contribution in [2.75, 3.05) is 31.1 Å². The van der Waals surface area contributed by atoms with Crippen LogP contribution in [0.5, 0.6) is 5.75 Å². The third kappa shape index (κ3) is 5.51. The average Bonchev–Trinajstić information content (AvgIpc) is 2.81. The zero-order valence-electron chi connectivity index (χ0n) is 19.8. The number of hydrogen-bond donors (Lipinski definition) is 0. The molecule has 182 valence electrons. The van der Waals surface area contributed by atoms with E-state index in [-0.39, 0.29) is 43.0 Å². The van der Waals surface area contributed by atoms with Crippen LogP contribution >= 0.6 is 0 Å². The summed E-state index contributed by atoms with van der Waals surface area (Å²) in [5, 5.41) is 0. The van der Waals surface area contributed by atoms with Crippen molar-refractivity contribution in [2.24, 2.45) is 5.41 Å². The molecule has 1 amide bonds. The molecule has 0 saturated carbocycles. The van der Waals surface area contributed by atoms with Crippen LogP contribution < -0.4 is 9.64 Å². The number of ketones is 1. The quantitative estimate of drug-likeness (QED) is 0.577. The minimum Gasteiger partial charge on any atom is -0.488 e. The van der Waals surface area contributed by atoms with E-state index in [1.807, 2.05) is 11.0 Å². The summed E-state index contributed by atoms with van der Waals surface area (Å²) in [6, 6.07) is 3.41. The van der Waals surface area contributed by atoms with E-state index in [1.54, 1.807) is 18.5 Å². The van der Waals surface area contributed by atoms with Gasteiger partial charge in [0.2, 0.25) is 0 Å². The Morgan fingerprint density at radius 3 is 2.50 bits per heavy atom. The summed E-state index contributed by atoms with van der Waals surface area (Å²) < 4.78 is 32.6. The number of Topliss-reactive ketones (excluding diaryl/α,β-unsaturated/α-hetero) is 1. The molecule has 2 aromatic heterocycles. The number of piperidine rings is 1. The Labute approximate surface area is 198 Å². The van der Waals surface area contributed by atoms with E-state index in [9.17, 15) is 18.4 Å². The number of rotatable bonds is 5. The van der Waals surface area contributed by atoms with Gasteiger partial charge in [0.1, 0.15) is 6.61 Å². The Morgan fingerprint density at radius 2 is 1.79 bits per heavy atom.